The molecule has 3 aromatic rings. The Labute approximate surface area is 172 Å². The van der Waals surface area contributed by atoms with Gasteiger partial charge in [0.1, 0.15) is 5.69 Å². The van der Waals surface area contributed by atoms with Crippen LogP contribution in [0.3, 0.4) is 0 Å². The van der Waals surface area contributed by atoms with E-state index in [1.807, 2.05) is 49.1 Å². The number of carbonyl (C=O) groups excluding carboxylic acids is 1. The minimum Gasteiger partial charge on any atom is -0.351 e. The van der Waals surface area contributed by atoms with E-state index in [2.05, 4.69) is 41.8 Å². The van der Waals surface area contributed by atoms with Gasteiger partial charge in [0.05, 0.1) is 12.1 Å². The molecule has 0 spiro atoms. The number of nitrogens with zero attached hydrogens (tertiary/aromatic N) is 2. The number of amides is 1. The molecule has 6 heteroatoms. The van der Waals surface area contributed by atoms with Crippen molar-refractivity contribution in [2.45, 2.75) is 20.4 Å². The lowest BCUT2D eigenvalue weighted by Crippen LogP contribution is -2.30. The highest BCUT2D eigenvalue weighted by molar-refractivity contribution is 5.99. The van der Waals surface area contributed by atoms with Gasteiger partial charge < -0.3 is 10.6 Å². The number of halogens is 1. The number of aryl methyl sites for hydroxylation is 2. The standard InChI is InChI=1S/C22H26N4O.ClH/c1-16-4-8-18(9-5-16)14-26-15-20(22(27)24-13-12-23-3)21(25-26)19-10-6-17(2)7-11-19;/h4-11,15,23H,12-14H2,1-3H3,(H,24,27);1H. The Morgan fingerprint density at radius 1 is 0.964 bits per heavy atom. The van der Waals surface area contributed by atoms with Crippen LogP contribution >= 0.6 is 12.4 Å². The third-order valence-corrected chi connectivity index (χ3v) is 4.46. The van der Waals surface area contributed by atoms with E-state index >= 15 is 0 Å². The van der Waals surface area contributed by atoms with Gasteiger partial charge in [0.15, 0.2) is 0 Å². The minimum absolute atomic E-state index is 0. The first-order valence-electron chi connectivity index (χ1n) is 9.19. The molecule has 0 saturated heterocycles. The lowest BCUT2D eigenvalue weighted by molar-refractivity contribution is 0.0954. The molecule has 3 rings (SSSR count). The molecule has 1 heterocycles. The van der Waals surface area contributed by atoms with Crippen molar-refractivity contribution in [3.05, 3.63) is 77.0 Å². The molecule has 0 unspecified atom stereocenters. The lowest BCUT2D eigenvalue weighted by atomic mass is 10.1. The molecule has 0 saturated carbocycles. The molecular weight excluding hydrogens is 372 g/mol. The van der Waals surface area contributed by atoms with Crippen molar-refractivity contribution in [3.8, 4) is 11.3 Å². The van der Waals surface area contributed by atoms with Gasteiger partial charge in [0, 0.05) is 24.8 Å². The molecule has 1 amide bonds. The molecule has 0 aliphatic rings. The first-order valence-corrected chi connectivity index (χ1v) is 9.19. The number of hydrogen-bond acceptors (Lipinski definition) is 3. The minimum atomic E-state index is -0.101. The van der Waals surface area contributed by atoms with Gasteiger partial charge in [0.2, 0.25) is 0 Å². The van der Waals surface area contributed by atoms with Crippen LogP contribution in [0.15, 0.2) is 54.7 Å². The molecule has 0 bridgehead atoms. The first-order chi connectivity index (χ1) is 13.1. The fourth-order valence-electron chi connectivity index (χ4n) is 2.87. The molecule has 1 aromatic heterocycles. The summed E-state index contributed by atoms with van der Waals surface area (Å²) in [5.41, 5.74) is 5.82. The second-order valence-corrected chi connectivity index (χ2v) is 6.80. The summed E-state index contributed by atoms with van der Waals surface area (Å²) in [7, 11) is 1.86. The van der Waals surface area contributed by atoms with Crippen LogP contribution in [0.1, 0.15) is 27.0 Å². The highest BCUT2D eigenvalue weighted by atomic mass is 35.5. The van der Waals surface area contributed by atoms with Crippen LogP contribution in [-0.4, -0.2) is 35.8 Å². The zero-order chi connectivity index (χ0) is 19.2. The predicted molar refractivity (Wildman–Crippen MR) is 116 cm³/mol. The van der Waals surface area contributed by atoms with Gasteiger partial charge in [-0.25, -0.2) is 0 Å². The third kappa shape index (κ3) is 5.44. The Morgan fingerprint density at radius 3 is 2.18 bits per heavy atom. The maximum absolute atomic E-state index is 12.7. The SMILES string of the molecule is CNCCNC(=O)c1cn(Cc2ccc(C)cc2)nc1-c1ccc(C)cc1.Cl. The van der Waals surface area contributed by atoms with Gasteiger partial charge in [-0.15, -0.1) is 12.4 Å². The van der Waals surface area contributed by atoms with Crippen molar-refractivity contribution >= 4 is 18.3 Å². The highest BCUT2D eigenvalue weighted by Gasteiger charge is 2.18. The van der Waals surface area contributed by atoms with Crippen LogP contribution in [0.4, 0.5) is 0 Å². The van der Waals surface area contributed by atoms with Crippen LogP contribution in [0.25, 0.3) is 11.3 Å². The van der Waals surface area contributed by atoms with E-state index in [0.717, 1.165) is 17.7 Å². The Bertz CT molecular complexity index is 901. The van der Waals surface area contributed by atoms with Crippen molar-refractivity contribution in [2.75, 3.05) is 20.1 Å². The number of likely N-dealkylation sites (N-methyl/N-ethyl adjacent to an activating group) is 1. The number of nitrogens with one attached hydrogen (secondary N) is 2. The average molecular weight is 399 g/mol. The summed E-state index contributed by atoms with van der Waals surface area (Å²) in [5.74, 6) is -0.101. The maximum atomic E-state index is 12.7. The molecule has 0 atom stereocenters. The topological polar surface area (TPSA) is 58.9 Å². The normalized spacial score (nSPS) is 10.4. The first kappa shape index (κ1) is 21.7. The van der Waals surface area contributed by atoms with Crippen molar-refractivity contribution in [3.63, 3.8) is 0 Å². The van der Waals surface area contributed by atoms with Crippen LogP contribution < -0.4 is 10.6 Å². The molecule has 2 N–H and O–H groups in total. The quantitative estimate of drug-likeness (QED) is 0.598. The van der Waals surface area contributed by atoms with Crippen LogP contribution in [0.5, 0.6) is 0 Å². The van der Waals surface area contributed by atoms with Gasteiger partial charge in [-0.1, -0.05) is 59.7 Å². The van der Waals surface area contributed by atoms with Crippen molar-refractivity contribution in [2.24, 2.45) is 0 Å². The smallest absolute Gasteiger partial charge is 0.255 e. The molecule has 0 aliphatic carbocycles. The van der Waals surface area contributed by atoms with E-state index in [4.69, 9.17) is 5.10 Å². The fourth-order valence-corrected chi connectivity index (χ4v) is 2.87. The lowest BCUT2D eigenvalue weighted by Gasteiger charge is -2.05. The van der Waals surface area contributed by atoms with Gasteiger partial charge in [-0.2, -0.15) is 5.10 Å². The Balaban J connectivity index is 0.00000280. The molecule has 28 heavy (non-hydrogen) atoms. The Hall–Kier alpha value is -2.63. The molecule has 148 valence electrons. The monoisotopic (exact) mass is 398 g/mol. The predicted octanol–water partition coefficient (Wildman–Crippen LogP) is 3.59. The van der Waals surface area contributed by atoms with E-state index in [0.29, 0.717) is 24.3 Å². The van der Waals surface area contributed by atoms with E-state index in [1.165, 1.54) is 11.1 Å². The van der Waals surface area contributed by atoms with E-state index in [1.54, 1.807) is 0 Å². The van der Waals surface area contributed by atoms with Gasteiger partial charge >= 0.3 is 0 Å². The Kier molecular flexibility index (Phi) is 7.79. The third-order valence-electron chi connectivity index (χ3n) is 4.46. The van der Waals surface area contributed by atoms with Crippen LogP contribution in [0.2, 0.25) is 0 Å². The summed E-state index contributed by atoms with van der Waals surface area (Å²) in [4.78, 5) is 12.7. The largest absolute Gasteiger partial charge is 0.351 e. The maximum Gasteiger partial charge on any atom is 0.255 e. The van der Waals surface area contributed by atoms with Crippen molar-refractivity contribution in [1.29, 1.82) is 0 Å². The van der Waals surface area contributed by atoms with Gasteiger partial charge in [-0.05, 0) is 26.5 Å². The molecule has 0 radical (unpaired) electrons. The second kappa shape index (κ2) is 10.1. The van der Waals surface area contributed by atoms with E-state index in [-0.39, 0.29) is 18.3 Å². The van der Waals surface area contributed by atoms with E-state index < -0.39 is 0 Å². The molecular formula is C22H27ClN4O. The zero-order valence-corrected chi connectivity index (χ0v) is 17.3. The molecule has 2 aromatic carbocycles. The number of hydrogen-bond donors (Lipinski definition) is 2. The average Bonchev–Trinajstić information content (AvgIpc) is 3.08. The van der Waals surface area contributed by atoms with Crippen molar-refractivity contribution in [1.82, 2.24) is 20.4 Å². The summed E-state index contributed by atoms with van der Waals surface area (Å²) in [5, 5.41) is 10.7. The second-order valence-electron chi connectivity index (χ2n) is 6.80. The highest BCUT2D eigenvalue weighted by Crippen LogP contribution is 2.23. The number of rotatable bonds is 7. The summed E-state index contributed by atoms with van der Waals surface area (Å²) >= 11 is 0. The zero-order valence-electron chi connectivity index (χ0n) is 16.5. The molecule has 5 nitrogen and oxygen atoms in total. The number of aromatic nitrogens is 2. The van der Waals surface area contributed by atoms with Crippen molar-refractivity contribution < 1.29 is 4.79 Å². The summed E-state index contributed by atoms with van der Waals surface area (Å²) in [6.45, 7) is 6.05. The molecule has 0 aliphatic heterocycles. The number of benzene rings is 2. The van der Waals surface area contributed by atoms with Crippen LogP contribution in [0, 0.1) is 13.8 Å². The summed E-state index contributed by atoms with van der Waals surface area (Å²) < 4.78 is 1.84. The van der Waals surface area contributed by atoms with Gasteiger partial charge in [-0.3, -0.25) is 9.48 Å². The molecule has 0 fully saturated rings. The Morgan fingerprint density at radius 2 is 1.57 bits per heavy atom. The fraction of sp³-hybridized carbons (Fsp3) is 0.273. The number of carbonyl (C=O) groups is 1. The van der Waals surface area contributed by atoms with E-state index in [9.17, 15) is 4.79 Å². The summed E-state index contributed by atoms with van der Waals surface area (Å²) in [6.07, 6.45) is 1.84. The van der Waals surface area contributed by atoms with Gasteiger partial charge in [0.25, 0.3) is 5.91 Å². The summed E-state index contributed by atoms with van der Waals surface area (Å²) in [6, 6.07) is 16.5. The van der Waals surface area contributed by atoms with Crippen LogP contribution in [-0.2, 0) is 6.54 Å².